The van der Waals surface area contributed by atoms with Gasteiger partial charge in [-0.25, -0.2) is 0 Å². The van der Waals surface area contributed by atoms with Crippen molar-refractivity contribution in [2.45, 2.75) is 58.2 Å². The number of benzene rings is 2. The normalized spacial score (nSPS) is 18.8. The van der Waals surface area contributed by atoms with Crippen molar-refractivity contribution in [3.63, 3.8) is 0 Å². The Morgan fingerprint density at radius 2 is 1.63 bits per heavy atom. The van der Waals surface area contributed by atoms with Crippen molar-refractivity contribution >= 4 is 0 Å². The second kappa shape index (κ2) is 12.2. The molecule has 6 nitrogen and oxygen atoms in total. The number of methoxy groups -OCH3 is 1. The standard InChI is InChI=1S/C29H39N3O3/c1-24-6-10-28(11-7-24)35-23-29(33-3)14-4-16-31(18-15-29)22-26-8-12-27(13-9-26)34-19-5-17-32-21-25(2)20-30-32/h6-13,20-21H,4-5,14-19,22-23H2,1-3H3/t29-/m0/s1. The highest BCUT2D eigenvalue weighted by molar-refractivity contribution is 5.27. The van der Waals surface area contributed by atoms with Gasteiger partial charge in [-0.2, -0.15) is 5.10 Å². The Bertz CT molecular complexity index is 1030. The van der Waals surface area contributed by atoms with Crippen LogP contribution in [0.5, 0.6) is 11.5 Å². The third-order valence-electron chi connectivity index (χ3n) is 6.84. The van der Waals surface area contributed by atoms with Crippen LogP contribution in [0, 0.1) is 13.8 Å². The van der Waals surface area contributed by atoms with Crippen LogP contribution in [0.25, 0.3) is 0 Å². The van der Waals surface area contributed by atoms with Crippen molar-refractivity contribution in [2.24, 2.45) is 0 Å². The van der Waals surface area contributed by atoms with Crippen LogP contribution in [0.4, 0.5) is 0 Å². The predicted molar refractivity (Wildman–Crippen MR) is 139 cm³/mol. The first-order valence-electron chi connectivity index (χ1n) is 12.7. The van der Waals surface area contributed by atoms with E-state index in [4.69, 9.17) is 14.2 Å². The summed E-state index contributed by atoms with van der Waals surface area (Å²) in [7, 11) is 1.82. The fourth-order valence-corrected chi connectivity index (χ4v) is 4.59. The summed E-state index contributed by atoms with van der Waals surface area (Å²) in [6.45, 7) is 9.31. The Balaban J connectivity index is 1.21. The molecule has 6 heteroatoms. The number of likely N-dealkylation sites (tertiary alicyclic amines) is 1. The highest BCUT2D eigenvalue weighted by atomic mass is 16.5. The van der Waals surface area contributed by atoms with Crippen LogP contribution in [0.2, 0.25) is 0 Å². The van der Waals surface area contributed by atoms with Crippen molar-refractivity contribution in [2.75, 3.05) is 33.4 Å². The van der Waals surface area contributed by atoms with Gasteiger partial charge in [0.05, 0.1) is 12.8 Å². The van der Waals surface area contributed by atoms with E-state index in [1.54, 1.807) is 0 Å². The van der Waals surface area contributed by atoms with Gasteiger partial charge in [-0.1, -0.05) is 29.8 Å². The van der Waals surface area contributed by atoms with Gasteiger partial charge in [-0.3, -0.25) is 9.58 Å². The van der Waals surface area contributed by atoms with E-state index in [1.807, 2.05) is 30.1 Å². The predicted octanol–water partition coefficient (Wildman–Crippen LogP) is 5.42. The molecule has 1 aliphatic rings. The van der Waals surface area contributed by atoms with E-state index in [9.17, 15) is 0 Å². The molecule has 4 rings (SSSR count). The van der Waals surface area contributed by atoms with Gasteiger partial charge in [0.25, 0.3) is 0 Å². The molecule has 35 heavy (non-hydrogen) atoms. The quantitative estimate of drug-likeness (QED) is 0.345. The van der Waals surface area contributed by atoms with E-state index in [1.165, 1.54) is 16.7 Å². The Morgan fingerprint density at radius 3 is 2.34 bits per heavy atom. The van der Waals surface area contributed by atoms with Gasteiger partial charge in [0, 0.05) is 39.4 Å². The van der Waals surface area contributed by atoms with Gasteiger partial charge in [-0.05, 0) is 75.0 Å². The van der Waals surface area contributed by atoms with Crippen LogP contribution < -0.4 is 9.47 Å². The van der Waals surface area contributed by atoms with Gasteiger partial charge in [-0.15, -0.1) is 0 Å². The molecule has 0 saturated carbocycles. The molecular weight excluding hydrogens is 438 g/mol. The van der Waals surface area contributed by atoms with Crippen LogP contribution in [-0.4, -0.2) is 53.7 Å². The van der Waals surface area contributed by atoms with Gasteiger partial charge >= 0.3 is 0 Å². The van der Waals surface area contributed by atoms with Crippen molar-refractivity contribution in [3.8, 4) is 11.5 Å². The molecule has 2 aromatic carbocycles. The third kappa shape index (κ3) is 7.58. The highest BCUT2D eigenvalue weighted by Crippen LogP contribution is 2.28. The Morgan fingerprint density at radius 1 is 0.886 bits per heavy atom. The van der Waals surface area contributed by atoms with Gasteiger partial charge in [0.1, 0.15) is 23.7 Å². The summed E-state index contributed by atoms with van der Waals surface area (Å²) in [4.78, 5) is 2.52. The lowest BCUT2D eigenvalue weighted by molar-refractivity contribution is -0.0541. The molecule has 0 unspecified atom stereocenters. The van der Waals surface area contributed by atoms with Crippen molar-refractivity contribution in [3.05, 3.63) is 77.6 Å². The Kier molecular flexibility index (Phi) is 8.83. The number of hydrogen-bond donors (Lipinski definition) is 0. The zero-order chi connectivity index (χ0) is 24.5. The first kappa shape index (κ1) is 25.3. The SMILES string of the molecule is CO[C@@]1(COc2ccc(C)cc2)CCCN(Cc2ccc(OCCCn3cc(C)cn3)cc2)CC1. The van der Waals surface area contributed by atoms with Crippen LogP contribution in [-0.2, 0) is 17.8 Å². The van der Waals surface area contributed by atoms with Crippen LogP contribution in [0.1, 0.15) is 42.4 Å². The fraction of sp³-hybridized carbons (Fsp3) is 0.483. The van der Waals surface area contributed by atoms with E-state index in [2.05, 4.69) is 66.4 Å². The van der Waals surface area contributed by atoms with E-state index in [-0.39, 0.29) is 5.60 Å². The molecule has 1 atom stereocenters. The molecule has 0 aliphatic carbocycles. The zero-order valence-electron chi connectivity index (χ0n) is 21.4. The van der Waals surface area contributed by atoms with Crippen molar-refractivity contribution in [1.82, 2.24) is 14.7 Å². The molecule has 0 bridgehead atoms. The maximum atomic E-state index is 6.12. The van der Waals surface area contributed by atoms with Crippen LogP contribution >= 0.6 is 0 Å². The minimum absolute atomic E-state index is 0.230. The van der Waals surface area contributed by atoms with E-state index in [0.717, 1.165) is 63.4 Å². The summed E-state index contributed by atoms with van der Waals surface area (Å²) in [5, 5.41) is 4.32. The minimum atomic E-state index is -0.230. The maximum absolute atomic E-state index is 6.12. The molecule has 3 aromatic rings. The fourth-order valence-electron chi connectivity index (χ4n) is 4.59. The van der Waals surface area contributed by atoms with E-state index >= 15 is 0 Å². The number of ether oxygens (including phenoxy) is 3. The summed E-state index contributed by atoms with van der Waals surface area (Å²) < 4.78 is 20.0. The lowest BCUT2D eigenvalue weighted by Crippen LogP contribution is -2.39. The molecule has 1 saturated heterocycles. The third-order valence-corrected chi connectivity index (χ3v) is 6.84. The average molecular weight is 478 g/mol. The number of aryl methyl sites for hydroxylation is 3. The monoisotopic (exact) mass is 477 g/mol. The lowest BCUT2D eigenvalue weighted by Gasteiger charge is -2.31. The molecule has 1 fully saturated rings. The molecule has 188 valence electrons. The molecule has 0 spiro atoms. The van der Waals surface area contributed by atoms with Crippen LogP contribution in [0.3, 0.4) is 0 Å². The zero-order valence-corrected chi connectivity index (χ0v) is 21.4. The molecule has 0 amide bonds. The molecule has 1 aromatic heterocycles. The summed E-state index contributed by atoms with van der Waals surface area (Å²) in [5.74, 6) is 1.83. The number of aromatic nitrogens is 2. The summed E-state index contributed by atoms with van der Waals surface area (Å²) >= 11 is 0. The molecule has 1 aliphatic heterocycles. The van der Waals surface area contributed by atoms with Gasteiger partial charge < -0.3 is 14.2 Å². The van der Waals surface area contributed by atoms with Gasteiger partial charge in [0.15, 0.2) is 0 Å². The summed E-state index contributed by atoms with van der Waals surface area (Å²) in [5.41, 5.74) is 3.51. The maximum Gasteiger partial charge on any atom is 0.119 e. The largest absolute Gasteiger partial charge is 0.494 e. The first-order chi connectivity index (χ1) is 17.0. The molecule has 0 radical (unpaired) electrons. The molecule has 0 N–H and O–H groups in total. The Hall–Kier alpha value is -2.83. The number of rotatable bonds is 11. The van der Waals surface area contributed by atoms with Gasteiger partial charge in [0.2, 0.25) is 0 Å². The first-order valence-corrected chi connectivity index (χ1v) is 12.7. The summed E-state index contributed by atoms with van der Waals surface area (Å²) in [6, 6.07) is 16.8. The minimum Gasteiger partial charge on any atom is -0.494 e. The van der Waals surface area contributed by atoms with Crippen LogP contribution in [0.15, 0.2) is 60.9 Å². The Labute approximate surface area is 209 Å². The molecule has 2 heterocycles. The highest BCUT2D eigenvalue weighted by Gasteiger charge is 2.33. The smallest absolute Gasteiger partial charge is 0.119 e. The van der Waals surface area contributed by atoms with E-state index < -0.39 is 0 Å². The van der Waals surface area contributed by atoms with E-state index in [0.29, 0.717) is 13.2 Å². The summed E-state index contributed by atoms with van der Waals surface area (Å²) in [6.07, 6.45) is 7.96. The topological polar surface area (TPSA) is 48.8 Å². The second-order valence-electron chi connectivity index (χ2n) is 9.75. The second-order valence-corrected chi connectivity index (χ2v) is 9.75. The number of nitrogens with zero attached hydrogens (tertiary/aromatic N) is 3. The average Bonchev–Trinajstić information content (AvgIpc) is 3.18. The van der Waals surface area contributed by atoms with Crippen molar-refractivity contribution in [1.29, 1.82) is 0 Å². The van der Waals surface area contributed by atoms with Crippen molar-refractivity contribution < 1.29 is 14.2 Å². The number of hydrogen-bond acceptors (Lipinski definition) is 5. The molecular formula is C29H39N3O3. The lowest BCUT2D eigenvalue weighted by atomic mass is 9.95.